The van der Waals surface area contributed by atoms with Crippen molar-refractivity contribution in [2.24, 2.45) is 5.92 Å². The SMILES string of the molecule is O=C(C1CC(=O)N(c2ccc(F)cc2)C1)N1CCSC(c2cc(F)ccc2F)CC1. The van der Waals surface area contributed by atoms with Crippen LogP contribution in [-0.4, -0.2) is 42.1 Å². The summed E-state index contributed by atoms with van der Waals surface area (Å²) in [5, 5.41) is -0.223. The number of rotatable bonds is 3. The number of anilines is 1. The van der Waals surface area contributed by atoms with Crippen LogP contribution in [0.5, 0.6) is 0 Å². The molecule has 4 nitrogen and oxygen atoms in total. The first-order chi connectivity index (χ1) is 14.4. The molecule has 2 aliphatic heterocycles. The molecule has 2 amide bonds. The minimum Gasteiger partial charge on any atom is -0.342 e. The van der Waals surface area contributed by atoms with Crippen LogP contribution in [0.4, 0.5) is 18.9 Å². The second kappa shape index (κ2) is 8.71. The molecule has 2 atom stereocenters. The van der Waals surface area contributed by atoms with Gasteiger partial charge in [-0.2, -0.15) is 11.8 Å². The summed E-state index contributed by atoms with van der Waals surface area (Å²) in [5.41, 5.74) is 0.901. The summed E-state index contributed by atoms with van der Waals surface area (Å²) < 4.78 is 40.8. The molecule has 2 fully saturated rings. The number of benzene rings is 2. The normalized spacial score (nSPS) is 22.3. The third-order valence-corrected chi connectivity index (χ3v) is 6.88. The van der Waals surface area contributed by atoms with E-state index < -0.39 is 17.6 Å². The molecule has 0 aliphatic carbocycles. The molecule has 2 saturated heterocycles. The van der Waals surface area contributed by atoms with Crippen LogP contribution in [0.25, 0.3) is 0 Å². The van der Waals surface area contributed by atoms with Crippen LogP contribution in [0, 0.1) is 23.4 Å². The van der Waals surface area contributed by atoms with Gasteiger partial charge in [0.15, 0.2) is 0 Å². The van der Waals surface area contributed by atoms with Gasteiger partial charge in [0.05, 0.1) is 5.92 Å². The van der Waals surface area contributed by atoms with Crippen molar-refractivity contribution in [2.45, 2.75) is 18.1 Å². The van der Waals surface area contributed by atoms with Gasteiger partial charge in [-0.25, -0.2) is 13.2 Å². The maximum atomic E-state index is 14.1. The van der Waals surface area contributed by atoms with E-state index in [2.05, 4.69) is 0 Å². The molecule has 158 valence electrons. The van der Waals surface area contributed by atoms with Gasteiger partial charge in [0.2, 0.25) is 11.8 Å². The molecule has 0 saturated carbocycles. The van der Waals surface area contributed by atoms with Crippen LogP contribution in [-0.2, 0) is 9.59 Å². The van der Waals surface area contributed by atoms with E-state index >= 15 is 0 Å². The predicted molar refractivity (Wildman–Crippen MR) is 110 cm³/mol. The van der Waals surface area contributed by atoms with Crippen molar-refractivity contribution in [3.05, 3.63) is 65.5 Å². The highest BCUT2D eigenvalue weighted by molar-refractivity contribution is 7.99. The topological polar surface area (TPSA) is 40.6 Å². The Morgan fingerprint density at radius 1 is 1.00 bits per heavy atom. The van der Waals surface area contributed by atoms with Crippen LogP contribution in [0.2, 0.25) is 0 Å². The van der Waals surface area contributed by atoms with Gasteiger partial charge in [-0.1, -0.05) is 0 Å². The van der Waals surface area contributed by atoms with Crippen LogP contribution >= 0.6 is 11.8 Å². The van der Waals surface area contributed by atoms with E-state index in [1.807, 2.05) is 0 Å². The van der Waals surface area contributed by atoms with Crippen molar-refractivity contribution in [2.75, 3.05) is 30.3 Å². The number of halogens is 3. The van der Waals surface area contributed by atoms with Gasteiger partial charge in [0, 0.05) is 48.3 Å². The van der Waals surface area contributed by atoms with Crippen LogP contribution in [0.1, 0.15) is 23.7 Å². The van der Waals surface area contributed by atoms with Crippen LogP contribution in [0.3, 0.4) is 0 Å². The summed E-state index contributed by atoms with van der Waals surface area (Å²) in [5.74, 6) is -1.42. The molecule has 2 aromatic carbocycles. The van der Waals surface area contributed by atoms with E-state index in [1.165, 1.54) is 47.0 Å². The zero-order chi connectivity index (χ0) is 21.3. The molecule has 0 bridgehead atoms. The van der Waals surface area contributed by atoms with E-state index in [4.69, 9.17) is 0 Å². The lowest BCUT2D eigenvalue weighted by Gasteiger charge is -2.24. The van der Waals surface area contributed by atoms with Crippen molar-refractivity contribution in [3.8, 4) is 0 Å². The molecule has 30 heavy (non-hydrogen) atoms. The third kappa shape index (κ3) is 4.33. The lowest BCUT2D eigenvalue weighted by atomic mass is 10.1. The molecule has 2 aliphatic rings. The Kier molecular flexibility index (Phi) is 6.04. The monoisotopic (exact) mass is 434 g/mol. The average molecular weight is 434 g/mol. The first-order valence-corrected chi connectivity index (χ1v) is 10.9. The fourth-order valence-electron chi connectivity index (χ4n) is 4.00. The second-order valence-electron chi connectivity index (χ2n) is 7.52. The Labute approximate surface area is 177 Å². The Balaban J connectivity index is 1.41. The van der Waals surface area contributed by atoms with Crippen molar-refractivity contribution < 1.29 is 22.8 Å². The van der Waals surface area contributed by atoms with Gasteiger partial charge in [0.25, 0.3) is 0 Å². The number of thioether (sulfide) groups is 1. The molecule has 8 heteroatoms. The average Bonchev–Trinajstić information content (AvgIpc) is 2.96. The number of hydrogen-bond acceptors (Lipinski definition) is 3. The lowest BCUT2D eigenvalue weighted by Crippen LogP contribution is -2.38. The maximum Gasteiger partial charge on any atom is 0.228 e. The van der Waals surface area contributed by atoms with Gasteiger partial charge in [0.1, 0.15) is 17.5 Å². The fraction of sp³-hybridized carbons (Fsp3) is 0.364. The van der Waals surface area contributed by atoms with Gasteiger partial charge in [-0.3, -0.25) is 9.59 Å². The van der Waals surface area contributed by atoms with Crippen LogP contribution in [0.15, 0.2) is 42.5 Å². The predicted octanol–water partition coefficient (Wildman–Crippen LogP) is 4.16. The standard InChI is InChI=1S/C22H21F3N2O2S/c23-15-1-4-17(5-2-15)27-13-14(11-21(27)28)22(29)26-8-7-20(30-10-9-26)18-12-16(24)3-6-19(18)25/h1-6,12,14,20H,7-11,13H2. The summed E-state index contributed by atoms with van der Waals surface area (Å²) in [6.07, 6.45) is 0.626. The molecular weight excluding hydrogens is 413 g/mol. The molecule has 0 N–H and O–H groups in total. The molecule has 4 rings (SSSR count). The van der Waals surface area contributed by atoms with Crippen molar-refractivity contribution in [1.29, 1.82) is 0 Å². The third-order valence-electron chi connectivity index (χ3n) is 5.57. The molecule has 0 spiro atoms. The summed E-state index contributed by atoms with van der Waals surface area (Å²) in [7, 11) is 0. The first-order valence-electron chi connectivity index (χ1n) is 9.83. The Hall–Kier alpha value is -2.48. The zero-order valence-electron chi connectivity index (χ0n) is 16.2. The van der Waals surface area contributed by atoms with E-state index in [9.17, 15) is 22.8 Å². The number of hydrogen-bond donors (Lipinski definition) is 0. The largest absolute Gasteiger partial charge is 0.342 e. The Morgan fingerprint density at radius 3 is 2.50 bits per heavy atom. The summed E-state index contributed by atoms with van der Waals surface area (Å²) in [4.78, 5) is 28.7. The molecule has 0 radical (unpaired) electrons. The number of carbonyl (C=O) groups is 2. The summed E-state index contributed by atoms with van der Waals surface area (Å²) in [6.45, 7) is 1.18. The van der Waals surface area contributed by atoms with E-state index in [0.717, 1.165) is 12.1 Å². The van der Waals surface area contributed by atoms with Gasteiger partial charge < -0.3 is 9.80 Å². The quantitative estimate of drug-likeness (QED) is 0.728. The van der Waals surface area contributed by atoms with Crippen LogP contribution < -0.4 is 4.90 Å². The van der Waals surface area contributed by atoms with E-state index in [0.29, 0.717) is 36.5 Å². The van der Waals surface area contributed by atoms with Gasteiger partial charge in [-0.15, -0.1) is 0 Å². The number of amides is 2. The van der Waals surface area contributed by atoms with Crippen molar-refractivity contribution >= 4 is 29.3 Å². The highest BCUT2D eigenvalue weighted by atomic mass is 32.2. The van der Waals surface area contributed by atoms with E-state index in [1.54, 1.807) is 4.90 Å². The maximum absolute atomic E-state index is 14.1. The highest BCUT2D eigenvalue weighted by Gasteiger charge is 2.38. The molecular formula is C22H21F3N2O2S. The minimum absolute atomic E-state index is 0.103. The lowest BCUT2D eigenvalue weighted by molar-refractivity contribution is -0.135. The number of carbonyl (C=O) groups excluding carboxylic acids is 2. The highest BCUT2D eigenvalue weighted by Crippen LogP contribution is 2.37. The molecule has 2 unspecified atom stereocenters. The van der Waals surface area contributed by atoms with E-state index in [-0.39, 0.29) is 35.8 Å². The Bertz CT molecular complexity index is 954. The smallest absolute Gasteiger partial charge is 0.228 e. The zero-order valence-corrected chi connectivity index (χ0v) is 17.0. The molecule has 2 aromatic rings. The molecule has 0 aromatic heterocycles. The van der Waals surface area contributed by atoms with Gasteiger partial charge in [-0.05, 0) is 48.9 Å². The van der Waals surface area contributed by atoms with Crippen molar-refractivity contribution in [3.63, 3.8) is 0 Å². The minimum atomic E-state index is -0.477. The summed E-state index contributed by atoms with van der Waals surface area (Å²) >= 11 is 1.51. The Morgan fingerprint density at radius 2 is 1.73 bits per heavy atom. The van der Waals surface area contributed by atoms with Crippen molar-refractivity contribution in [1.82, 2.24) is 4.90 Å². The second-order valence-corrected chi connectivity index (χ2v) is 8.83. The van der Waals surface area contributed by atoms with Gasteiger partial charge >= 0.3 is 0 Å². The fourth-order valence-corrected chi connectivity index (χ4v) is 5.24. The molecule has 2 heterocycles. The number of nitrogens with zero attached hydrogens (tertiary/aromatic N) is 2. The first kappa shape index (κ1) is 20.8. The summed E-state index contributed by atoms with van der Waals surface area (Å²) in [6, 6.07) is 9.08.